The van der Waals surface area contributed by atoms with Crippen LogP contribution in [0.5, 0.6) is 5.75 Å². The van der Waals surface area contributed by atoms with Crippen LogP contribution < -0.4 is 9.64 Å². The maximum absolute atomic E-state index is 13.1. The van der Waals surface area contributed by atoms with Crippen LogP contribution in [0.2, 0.25) is 0 Å². The third-order valence-electron chi connectivity index (χ3n) is 4.94. The van der Waals surface area contributed by atoms with E-state index in [-0.39, 0.29) is 5.91 Å². The first-order chi connectivity index (χ1) is 14.7. The molecule has 1 aliphatic rings. The summed E-state index contributed by atoms with van der Waals surface area (Å²) in [6.07, 6.45) is 0.303. The van der Waals surface area contributed by atoms with Crippen LogP contribution in [0.4, 0.5) is 5.13 Å². The van der Waals surface area contributed by atoms with Crippen molar-refractivity contribution in [1.29, 1.82) is 0 Å². The Balaban J connectivity index is 1.45. The molecule has 0 bridgehead atoms. The second-order valence-electron chi connectivity index (χ2n) is 7.02. The Bertz CT molecular complexity index is 976. The Hall–Kier alpha value is -2.00. The summed E-state index contributed by atoms with van der Waals surface area (Å²) < 4.78 is 13.2. The molecule has 0 radical (unpaired) electrons. The van der Waals surface area contributed by atoms with Crippen LogP contribution in [0, 0.1) is 0 Å². The van der Waals surface area contributed by atoms with Crippen molar-refractivity contribution in [2.45, 2.75) is 6.42 Å². The number of thiazole rings is 1. The Morgan fingerprint density at radius 3 is 2.80 bits per heavy atom. The molecule has 1 aromatic heterocycles. The number of ether oxygens (including phenoxy) is 2. The maximum atomic E-state index is 13.1. The summed E-state index contributed by atoms with van der Waals surface area (Å²) in [6, 6.07) is 15.6. The average Bonchev–Trinajstić information content (AvgIpc) is 3.18. The number of hydrogen-bond acceptors (Lipinski definition) is 6. The summed E-state index contributed by atoms with van der Waals surface area (Å²) in [4.78, 5) is 22.0. The van der Waals surface area contributed by atoms with Crippen LogP contribution >= 0.6 is 27.3 Å². The third-order valence-corrected chi connectivity index (χ3v) is 6.48. The lowest BCUT2D eigenvalue weighted by atomic mass is 10.3. The average molecular weight is 490 g/mol. The molecule has 1 fully saturated rings. The number of aromatic nitrogens is 1. The van der Waals surface area contributed by atoms with E-state index >= 15 is 0 Å². The zero-order valence-corrected chi connectivity index (χ0v) is 19.0. The van der Waals surface area contributed by atoms with Crippen molar-refractivity contribution < 1.29 is 14.3 Å². The molecular formula is C22H24BrN3O3S. The molecular weight excluding hydrogens is 466 g/mol. The molecule has 158 valence electrons. The molecule has 3 aromatic rings. The second kappa shape index (κ2) is 10.3. The lowest BCUT2D eigenvalue weighted by Gasteiger charge is -2.29. The van der Waals surface area contributed by atoms with E-state index in [0.29, 0.717) is 19.6 Å². The fraction of sp³-hybridized carbons (Fsp3) is 0.364. The van der Waals surface area contributed by atoms with Crippen LogP contribution in [-0.4, -0.2) is 61.8 Å². The summed E-state index contributed by atoms with van der Waals surface area (Å²) in [7, 11) is 0. The quantitative estimate of drug-likeness (QED) is 0.474. The van der Waals surface area contributed by atoms with Gasteiger partial charge in [-0.05, 0) is 30.3 Å². The highest BCUT2D eigenvalue weighted by atomic mass is 79.9. The zero-order chi connectivity index (χ0) is 20.8. The lowest BCUT2D eigenvalue weighted by Crippen LogP contribution is -2.43. The lowest BCUT2D eigenvalue weighted by molar-refractivity contribution is -0.119. The second-order valence-corrected chi connectivity index (χ2v) is 8.94. The number of carbonyl (C=O) groups excluding carboxylic acids is 1. The van der Waals surface area contributed by atoms with Gasteiger partial charge in [0.05, 0.1) is 36.5 Å². The topological polar surface area (TPSA) is 54.9 Å². The Morgan fingerprint density at radius 2 is 2.00 bits per heavy atom. The van der Waals surface area contributed by atoms with E-state index in [1.807, 2.05) is 53.4 Å². The molecule has 4 rings (SSSR count). The number of fused-ring (bicyclic) bond motifs is 1. The molecule has 1 aliphatic heterocycles. The van der Waals surface area contributed by atoms with Gasteiger partial charge in [-0.25, -0.2) is 4.98 Å². The molecule has 0 unspecified atom stereocenters. The molecule has 2 heterocycles. The highest BCUT2D eigenvalue weighted by molar-refractivity contribution is 9.10. The monoisotopic (exact) mass is 489 g/mol. The van der Waals surface area contributed by atoms with Crippen LogP contribution in [0.3, 0.4) is 0 Å². The largest absolute Gasteiger partial charge is 0.493 e. The summed E-state index contributed by atoms with van der Waals surface area (Å²) in [5, 5.41) is 0.737. The number of morpholine rings is 1. The van der Waals surface area contributed by atoms with Crippen molar-refractivity contribution >= 4 is 48.5 Å². The Morgan fingerprint density at radius 1 is 1.20 bits per heavy atom. The summed E-state index contributed by atoms with van der Waals surface area (Å²) in [6.45, 7) is 5.02. The van der Waals surface area contributed by atoms with Crippen molar-refractivity contribution in [1.82, 2.24) is 9.88 Å². The molecule has 0 atom stereocenters. The van der Waals surface area contributed by atoms with Gasteiger partial charge in [-0.15, -0.1) is 0 Å². The smallest absolute Gasteiger partial charge is 0.232 e. The van der Waals surface area contributed by atoms with E-state index in [1.54, 1.807) is 11.3 Å². The van der Waals surface area contributed by atoms with Gasteiger partial charge in [0.25, 0.3) is 0 Å². The van der Waals surface area contributed by atoms with Gasteiger partial charge >= 0.3 is 0 Å². The molecule has 0 aliphatic carbocycles. The summed E-state index contributed by atoms with van der Waals surface area (Å²) in [5.74, 6) is 0.798. The minimum Gasteiger partial charge on any atom is -0.493 e. The van der Waals surface area contributed by atoms with Crippen LogP contribution in [0.15, 0.2) is 53.0 Å². The van der Waals surface area contributed by atoms with Crippen LogP contribution in [0.1, 0.15) is 6.42 Å². The van der Waals surface area contributed by atoms with Gasteiger partial charge in [0.15, 0.2) is 5.13 Å². The van der Waals surface area contributed by atoms with Gasteiger partial charge in [-0.2, -0.15) is 0 Å². The predicted octanol–water partition coefficient (Wildman–Crippen LogP) is 4.19. The fourth-order valence-corrected chi connectivity index (χ4v) is 4.86. The van der Waals surface area contributed by atoms with E-state index in [2.05, 4.69) is 20.8 Å². The number of amides is 1. The number of benzene rings is 2. The van der Waals surface area contributed by atoms with E-state index < -0.39 is 0 Å². The van der Waals surface area contributed by atoms with Crippen LogP contribution in [-0.2, 0) is 9.53 Å². The van der Waals surface area contributed by atoms with Gasteiger partial charge < -0.3 is 9.47 Å². The molecule has 6 nitrogen and oxygen atoms in total. The molecule has 0 saturated carbocycles. The normalized spacial score (nSPS) is 14.7. The van der Waals surface area contributed by atoms with Gasteiger partial charge in [0.1, 0.15) is 5.75 Å². The number of halogens is 1. The first kappa shape index (κ1) is 21.2. The Kier molecular flexibility index (Phi) is 7.33. The van der Waals surface area contributed by atoms with Crippen molar-refractivity contribution in [2.24, 2.45) is 0 Å². The first-order valence-electron chi connectivity index (χ1n) is 10.0. The highest BCUT2D eigenvalue weighted by Gasteiger charge is 2.21. The third kappa shape index (κ3) is 5.57. The Labute approximate surface area is 188 Å². The molecule has 8 heteroatoms. The van der Waals surface area contributed by atoms with E-state index in [4.69, 9.17) is 14.5 Å². The fourth-order valence-electron chi connectivity index (χ4n) is 3.30. The molecule has 1 amide bonds. The molecule has 2 aromatic carbocycles. The number of para-hydroxylation sites is 1. The standard InChI is InChI=1S/C22H24BrN3O3S/c23-17-6-7-19-20(16-17)30-22(24-19)26(10-9-25-11-14-28-15-12-25)21(27)8-13-29-18-4-2-1-3-5-18/h1-7,16H,8-15H2. The van der Waals surface area contributed by atoms with E-state index in [0.717, 1.165) is 58.4 Å². The number of anilines is 1. The molecule has 1 saturated heterocycles. The number of rotatable bonds is 8. The zero-order valence-electron chi connectivity index (χ0n) is 16.6. The van der Waals surface area contributed by atoms with E-state index in [1.165, 1.54) is 0 Å². The summed E-state index contributed by atoms with van der Waals surface area (Å²) >= 11 is 5.05. The molecule has 30 heavy (non-hydrogen) atoms. The molecule has 0 spiro atoms. The van der Waals surface area contributed by atoms with Gasteiger partial charge in [-0.3, -0.25) is 14.6 Å². The summed E-state index contributed by atoms with van der Waals surface area (Å²) in [5.41, 5.74) is 0.905. The minimum absolute atomic E-state index is 0.0253. The minimum atomic E-state index is 0.0253. The van der Waals surface area contributed by atoms with Crippen molar-refractivity contribution in [3.05, 3.63) is 53.0 Å². The first-order valence-corrected chi connectivity index (χ1v) is 11.6. The number of carbonyl (C=O) groups is 1. The van der Waals surface area contributed by atoms with Gasteiger partial charge in [0, 0.05) is 30.7 Å². The van der Waals surface area contributed by atoms with Crippen LogP contribution in [0.25, 0.3) is 10.2 Å². The predicted molar refractivity (Wildman–Crippen MR) is 123 cm³/mol. The number of nitrogens with zero attached hydrogens (tertiary/aromatic N) is 3. The van der Waals surface area contributed by atoms with Crippen molar-refractivity contribution in [2.75, 3.05) is 50.9 Å². The maximum Gasteiger partial charge on any atom is 0.232 e. The molecule has 0 N–H and O–H groups in total. The SMILES string of the molecule is O=C(CCOc1ccccc1)N(CCN1CCOCC1)c1nc2ccc(Br)cc2s1. The van der Waals surface area contributed by atoms with Crippen molar-refractivity contribution in [3.8, 4) is 5.75 Å². The van der Waals surface area contributed by atoms with Gasteiger partial charge in [-0.1, -0.05) is 45.5 Å². The van der Waals surface area contributed by atoms with E-state index in [9.17, 15) is 4.79 Å². The van der Waals surface area contributed by atoms with Gasteiger partial charge in [0.2, 0.25) is 5.91 Å². The highest BCUT2D eigenvalue weighted by Crippen LogP contribution is 2.31. The number of hydrogen-bond donors (Lipinski definition) is 0. The van der Waals surface area contributed by atoms with Crippen molar-refractivity contribution in [3.63, 3.8) is 0 Å².